The highest BCUT2D eigenvalue weighted by Gasteiger charge is 2.34. The first-order valence-corrected chi connectivity index (χ1v) is 15.0. The summed E-state index contributed by atoms with van der Waals surface area (Å²) in [6.07, 6.45) is 5.47. The molecule has 2 aromatic heterocycles. The Kier molecular flexibility index (Phi) is 7.49. The van der Waals surface area contributed by atoms with Crippen LogP contribution in [0.25, 0.3) is 38.7 Å². The Morgan fingerprint density at radius 2 is 1.55 bits per heavy atom. The quantitative estimate of drug-likeness (QED) is 0.242. The van der Waals surface area contributed by atoms with E-state index < -0.39 is 5.60 Å². The van der Waals surface area contributed by atoms with Crippen LogP contribution in [-0.4, -0.2) is 62.3 Å². The van der Waals surface area contributed by atoms with Crippen LogP contribution in [0.1, 0.15) is 41.5 Å². The molecule has 1 aliphatic rings. The standard InChI is InChI=1S/C35H38N6O3/c1-22-19-39(34(43)44-35(4,5)6)20-23(2)41(22)27-13-11-25(12-14-27)26-17-36-33-31(18-37-40(33)21-26)29-15-16-32(38-24(3)42)30-10-8-7-9-28(29)30/h7-18,21-23H,19-20H2,1-6H3,(H,38,42)/t22-,23+. The number of carbonyl (C=O) groups is 2. The van der Waals surface area contributed by atoms with Crippen molar-refractivity contribution in [2.45, 2.75) is 59.2 Å². The lowest BCUT2D eigenvalue weighted by atomic mass is 9.98. The van der Waals surface area contributed by atoms with Crippen LogP contribution in [0.3, 0.4) is 0 Å². The van der Waals surface area contributed by atoms with Crippen molar-refractivity contribution >= 4 is 39.8 Å². The Labute approximate surface area is 257 Å². The highest BCUT2D eigenvalue weighted by molar-refractivity contribution is 6.08. The Hall–Kier alpha value is -4.92. The molecule has 1 saturated heterocycles. The third-order valence-electron chi connectivity index (χ3n) is 7.95. The van der Waals surface area contributed by atoms with E-state index >= 15 is 0 Å². The van der Waals surface area contributed by atoms with E-state index in [1.807, 2.05) is 79.1 Å². The largest absolute Gasteiger partial charge is 0.444 e. The second-order valence-corrected chi connectivity index (χ2v) is 12.6. The lowest BCUT2D eigenvalue weighted by Crippen LogP contribution is -2.58. The van der Waals surface area contributed by atoms with Gasteiger partial charge in [0, 0.05) is 72.4 Å². The number of hydrogen-bond acceptors (Lipinski definition) is 6. The van der Waals surface area contributed by atoms with Gasteiger partial charge in [-0.1, -0.05) is 42.5 Å². The Morgan fingerprint density at radius 1 is 0.864 bits per heavy atom. The van der Waals surface area contributed by atoms with Crippen molar-refractivity contribution in [2.24, 2.45) is 0 Å². The fraction of sp³-hybridized carbons (Fsp3) is 0.314. The third kappa shape index (κ3) is 5.69. The van der Waals surface area contributed by atoms with Crippen LogP contribution >= 0.6 is 0 Å². The molecule has 5 aromatic rings. The molecule has 3 heterocycles. The summed E-state index contributed by atoms with van der Waals surface area (Å²) in [5.74, 6) is -0.106. The highest BCUT2D eigenvalue weighted by Crippen LogP contribution is 2.35. The molecule has 6 rings (SSSR count). The first kappa shape index (κ1) is 29.2. The number of amides is 2. The average molecular weight is 591 g/mol. The molecule has 0 aliphatic carbocycles. The number of nitrogens with zero attached hydrogens (tertiary/aromatic N) is 5. The number of carbonyl (C=O) groups excluding carboxylic acids is 2. The van der Waals surface area contributed by atoms with E-state index in [2.05, 4.69) is 59.5 Å². The summed E-state index contributed by atoms with van der Waals surface area (Å²) >= 11 is 0. The summed E-state index contributed by atoms with van der Waals surface area (Å²) in [6, 6.07) is 20.7. The van der Waals surface area contributed by atoms with Gasteiger partial charge in [0.2, 0.25) is 5.91 Å². The van der Waals surface area contributed by atoms with Gasteiger partial charge < -0.3 is 19.9 Å². The van der Waals surface area contributed by atoms with E-state index in [1.165, 1.54) is 6.92 Å². The molecule has 3 aromatic carbocycles. The number of aromatic nitrogens is 3. The summed E-state index contributed by atoms with van der Waals surface area (Å²) in [4.78, 5) is 33.4. The third-order valence-corrected chi connectivity index (χ3v) is 7.95. The second kappa shape index (κ2) is 11.3. The topological polar surface area (TPSA) is 92.1 Å². The van der Waals surface area contributed by atoms with Crippen molar-refractivity contribution in [2.75, 3.05) is 23.3 Å². The molecule has 44 heavy (non-hydrogen) atoms. The molecular weight excluding hydrogens is 552 g/mol. The van der Waals surface area contributed by atoms with Crippen molar-refractivity contribution in [3.05, 3.63) is 79.3 Å². The van der Waals surface area contributed by atoms with E-state index in [0.717, 1.165) is 50.0 Å². The van der Waals surface area contributed by atoms with Crippen LogP contribution in [0.15, 0.2) is 79.3 Å². The zero-order chi connectivity index (χ0) is 31.2. The van der Waals surface area contributed by atoms with Crippen molar-refractivity contribution < 1.29 is 14.3 Å². The molecule has 0 saturated carbocycles. The van der Waals surface area contributed by atoms with Crippen molar-refractivity contribution in [3.8, 4) is 22.3 Å². The van der Waals surface area contributed by atoms with Crippen LogP contribution in [0.5, 0.6) is 0 Å². The molecule has 1 aliphatic heterocycles. The molecule has 9 nitrogen and oxygen atoms in total. The van der Waals surface area contributed by atoms with Crippen LogP contribution < -0.4 is 10.2 Å². The average Bonchev–Trinajstić information content (AvgIpc) is 3.39. The zero-order valence-electron chi connectivity index (χ0n) is 26.0. The highest BCUT2D eigenvalue weighted by atomic mass is 16.6. The van der Waals surface area contributed by atoms with Gasteiger partial charge in [0.15, 0.2) is 5.65 Å². The molecule has 226 valence electrons. The van der Waals surface area contributed by atoms with Gasteiger partial charge in [-0.05, 0) is 69.3 Å². The Morgan fingerprint density at radius 3 is 2.20 bits per heavy atom. The first-order valence-electron chi connectivity index (χ1n) is 15.0. The van der Waals surface area contributed by atoms with E-state index in [4.69, 9.17) is 9.72 Å². The molecule has 0 radical (unpaired) electrons. The van der Waals surface area contributed by atoms with Crippen LogP contribution in [-0.2, 0) is 9.53 Å². The van der Waals surface area contributed by atoms with Crippen LogP contribution in [0.4, 0.5) is 16.2 Å². The van der Waals surface area contributed by atoms with Crippen LogP contribution in [0.2, 0.25) is 0 Å². The Bertz CT molecular complexity index is 1840. The monoisotopic (exact) mass is 590 g/mol. The summed E-state index contributed by atoms with van der Waals surface area (Å²) in [6.45, 7) is 12.7. The van der Waals surface area contributed by atoms with Gasteiger partial charge in [-0.2, -0.15) is 5.10 Å². The molecule has 0 unspecified atom stereocenters. The molecule has 1 fully saturated rings. The number of rotatable bonds is 4. The van der Waals surface area contributed by atoms with Crippen molar-refractivity contribution in [3.63, 3.8) is 0 Å². The number of benzene rings is 3. The lowest BCUT2D eigenvalue weighted by molar-refractivity contribution is -0.114. The normalized spacial score (nSPS) is 17.2. The van der Waals surface area contributed by atoms with Gasteiger partial charge in [-0.15, -0.1) is 0 Å². The molecule has 2 atom stereocenters. The van der Waals surface area contributed by atoms with E-state index in [1.54, 1.807) is 0 Å². The number of anilines is 2. The van der Waals surface area contributed by atoms with Crippen LogP contribution in [0, 0.1) is 0 Å². The maximum atomic E-state index is 12.7. The molecule has 9 heteroatoms. The van der Waals surface area contributed by atoms with Gasteiger partial charge >= 0.3 is 6.09 Å². The summed E-state index contributed by atoms with van der Waals surface area (Å²) in [7, 11) is 0. The number of hydrogen-bond donors (Lipinski definition) is 1. The van der Waals surface area contributed by atoms with Gasteiger partial charge in [0.25, 0.3) is 0 Å². The maximum Gasteiger partial charge on any atom is 0.410 e. The minimum atomic E-state index is -0.513. The zero-order valence-corrected chi connectivity index (χ0v) is 26.0. The smallest absolute Gasteiger partial charge is 0.410 e. The number of piperazine rings is 1. The summed E-state index contributed by atoms with van der Waals surface area (Å²) in [5, 5.41) is 9.56. The lowest BCUT2D eigenvalue weighted by Gasteiger charge is -2.45. The van der Waals surface area contributed by atoms with Gasteiger partial charge in [-0.3, -0.25) is 4.79 Å². The number of nitrogens with one attached hydrogen (secondary N) is 1. The number of ether oxygens (including phenoxy) is 1. The number of fused-ring (bicyclic) bond motifs is 2. The van der Waals surface area contributed by atoms with Crippen molar-refractivity contribution in [1.29, 1.82) is 0 Å². The minimum absolute atomic E-state index is 0.106. The summed E-state index contributed by atoms with van der Waals surface area (Å²) < 4.78 is 7.43. The maximum absolute atomic E-state index is 12.7. The second-order valence-electron chi connectivity index (χ2n) is 12.6. The van der Waals surface area contributed by atoms with E-state index in [-0.39, 0.29) is 24.1 Å². The van der Waals surface area contributed by atoms with Gasteiger partial charge in [-0.25, -0.2) is 14.3 Å². The molecule has 0 bridgehead atoms. The van der Waals surface area contributed by atoms with Crippen molar-refractivity contribution in [1.82, 2.24) is 19.5 Å². The molecule has 0 spiro atoms. The first-order chi connectivity index (χ1) is 21.0. The predicted octanol–water partition coefficient (Wildman–Crippen LogP) is 7.01. The SMILES string of the molecule is CC(=O)Nc1ccc(-c2cnn3cc(-c4ccc(N5[C@H](C)CN(C(=O)OC(C)(C)C)C[C@@H]5C)cc4)cnc23)c2ccccc12. The molecule has 1 N–H and O–H groups in total. The van der Waals surface area contributed by atoms with E-state index in [0.29, 0.717) is 13.1 Å². The Balaban J connectivity index is 1.23. The fourth-order valence-corrected chi connectivity index (χ4v) is 6.18. The molecule has 2 amide bonds. The van der Waals surface area contributed by atoms with E-state index in [9.17, 15) is 9.59 Å². The minimum Gasteiger partial charge on any atom is -0.444 e. The predicted molar refractivity (Wildman–Crippen MR) is 175 cm³/mol. The fourth-order valence-electron chi connectivity index (χ4n) is 6.18. The van der Waals surface area contributed by atoms with Gasteiger partial charge in [0.05, 0.1) is 6.20 Å². The van der Waals surface area contributed by atoms with Gasteiger partial charge in [0.1, 0.15) is 5.60 Å². The summed E-state index contributed by atoms with van der Waals surface area (Å²) in [5.41, 5.74) is 6.06. The molecular formula is C35H38N6O3.